The van der Waals surface area contributed by atoms with Gasteiger partial charge in [-0.15, -0.1) is 0 Å². The number of aliphatic carboxylic acids is 1. The second kappa shape index (κ2) is 38.7. The normalized spacial score (nSPS) is 13.1. The predicted octanol–water partition coefficient (Wildman–Crippen LogP) is 11.1. The minimum atomic E-state index is -1.12. The molecule has 0 amide bonds. The summed E-state index contributed by atoms with van der Waals surface area (Å²) in [5.41, 5.74) is 0. The highest BCUT2D eigenvalue weighted by molar-refractivity contribution is 5.70. The average molecular weight is 778 g/mol. The summed E-state index contributed by atoms with van der Waals surface area (Å²) in [6.07, 6.45) is 42.0. The van der Waals surface area contributed by atoms with Gasteiger partial charge in [0.2, 0.25) is 0 Å². The molecule has 0 heterocycles. The number of hydrogen-bond acceptors (Lipinski definition) is 7. The molecular weight excluding hydrogens is 691 g/mol. The maximum atomic E-state index is 12.7. The van der Waals surface area contributed by atoms with Crippen LogP contribution in [0.1, 0.15) is 206 Å². The molecule has 0 aromatic heterocycles. The van der Waals surface area contributed by atoms with Crippen molar-refractivity contribution in [2.75, 3.05) is 41.0 Å². The monoisotopic (exact) mass is 778 g/mol. The minimum Gasteiger partial charge on any atom is -0.544 e. The van der Waals surface area contributed by atoms with Crippen molar-refractivity contribution >= 4 is 17.9 Å². The highest BCUT2D eigenvalue weighted by Gasteiger charge is 2.25. The summed E-state index contributed by atoms with van der Waals surface area (Å²) in [6.45, 7) is 4.57. The third kappa shape index (κ3) is 37.2. The van der Waals surface area contributed by atoms with Crippen LogP contribution in [0.4, 0.5) is 0 Å². The van der Waals surface area contributed by atoms with Gasteiger partial charge in [0.05, 0.1) is 40.3 Å². The van der Waals surface area contributed by atoms with Crippen LogP contribution in [0.25, 0.3) is 0 Å². The predicted molar refractivity (Wildman–Crippen MR) is 227 cm³/mol. The van der Waals surface area contributed by atoms with Crippen molar-refractivity contribution in [2.45, 2.75) is 219 Å². The molecule has 0 saturated heterocycles. The van der Waals surface area contributed by atoms with Crippen LogP contribution in [0.2, 0.25) is 0 Å². The van der Waals surface area contributed by atoms with E-state index in [1.807, 2.05) is 0 Å². The molecule has 322 valence electrons. The number of nitrogens with zero attached hydrogens (tertiary/aromatic N) is 1. The molecule has 2 unspecified atom stereocenters. The van der Waals surface area contributed by atoms with Crippen molar-refractivity contribution in [2.24, 2.45) is 0 Å². The zero-order chi connectivity index (χ0) is 40.7. The lowest BCUT2D eigenvalue weighted by atomic mass is 10.0. The first kappa shape index (κ1) is 52.8. The molecule has 8 nitrogen and oxygen atoms in total. The van der Waals surface area contributed by atoms with Gasteiger partial charge in [0, 0.05) is 19.3 Å². The first-order chi connectivity index (χ1) is 26.6. The fraction of sp³-hybridized carbons (Fsp3) is 0.851. The molecular formula is C47H87NO7. The average Bonchev–Trinajstić information content (AvgIpc) is 3.14. The molecule has 0 rings (SSSR count). The number of quaternary nitrogens is 1. The molecule has 8 heteroatoms. The number of carboxylic acid groups (broad SMARTS) is 1. The van der Waals surface area contributed by atoms with E-state index in [9.17, 15) is 19.5 Å². The first-order valence-electron chi connectivity index (χ1n) is 22.9. The summed E-state index contributed by atoms with van der Waals surface area (Å²) in [7, 11) is 5.41. The van der Waals surface area contributed by atoms with Crippen LogP contribution in [0.15, 0.2) is 24.3 Å². The Morgan fingerprint density at radius 1 is 0.564 bits per heavy atom. The van der Waals surface area contributed by atoms with Gasteiger partial charge in [0.25, 0.3) is 0 Å². The summed E-state index contributed by atoms with van der Waals surface area (Å²) in [5, 5.41) is 11.6. The van der Waals surface area contributed by atoms with Crippen LogP contribution in [0, 0.1) is 0 Å². The van der Waals surface area contributed by atoms with Gasteiger partial charge in [0.1, 0.15) is 12.6 Å². The van der Waals surface area contributed by atoms with Crippen molar-refractivity contribution < 1.29 is 38.2 Å². The van der Waals surface area contributed by atoms with E-state index in [0.29, 0.717) is 12.8 Å². The lowest BCUT2D eigenvalue weighted by Crippen LogP contribution is -2.55. The van der Waals surface area contributed by atoms with Crippen molar-refractivity contribution in [3.8, 4) is 0 Å². The maximum Gasteiger partial charge on any atom is 0.306 e. The van der Waals surface area contributed by atoms with E-state index >= 15 is 0 Å². The summed E-state index contributed by atoms with van der Waals surface area (Å²) in [5.74, 6) is -1.73. The van der Waals surface area contributed by atoms with Gasteiger partial charge in [-0.1, -0.05) is 173 Å². The van der Waals surface area contributed by atoms with Crippen molar-refractivity contribution in [3.63, 3.8) is 0 Å². The molecule has 0 fully saturated rings. The van der Waals surface area contributed by atoms with E-state index in [1.54, 1.807) is 21.1 Å². The fourth-order valence-corrected chi connectivity index (χ4v) is 6.82. The molecule has 55 heavy (non-hydrogen) atoms. The van der Waals surface area contributed by atoms with Crippen LogP contribution in [0.3, 0.4) is 0 Å². The molecule has 0 aliphatic carbocycles. The number of carbonyl (C=O) groups excluding carboxylic acids is 3. The molecule has 0 spiro atoms. The number of rotatable bonds is 41. The zero-order valence-electron chi connectivity index (χ0n) is 36.6. The number of likely N-dealkylation sites (N-methyl/N-ethyl adjacent to an activating group) is 1. The Morgan fingerprint density at radius 2 is 1.02 bits per heavy atom. The summed E-state index contributed by atoms with van der Waals surface area (Å²) in [4.78, 5) is 36.9. The Balaban J connectivity index is 4.28. The van der Waals surface area contributed by atoms with Gasteiger partial charge in [-0.05, 0) is 38.5 Å². The maximum absolute atomic E-state index is 12.7. The zero-order valence-corrected chi connectivity index (χ0v) is 36.6. The summed E-state index contributed by atoms with van der Waals surface area (Å²) >= 11 is 0. The minimum absolute atomic E-state index is 0.0414. The topological polar surface area (TPSA) is 102 Å². The number of allylic oxidation sites excluding steroid dienone is 4. The van der Waals surface area contributed by atoms with Crippen LogP contribution in [-0.4, -0.2) is 75.5 Å². The standard InChI is InChI=1S/C47H87NO7/c1-6-8-10-12-14-16-18-20-22-23-24-26-27-29-31-33-35-37-45(49)54-42-43(41-53-40-39-44(47(51)52)48(3,4)5)55-46(50)38-36-34-32-30-28-25-21-19-17-15-13-11-9-7-2/h9,11,15,17,43-44H,6-8,10,12-14,16,18-42H2,1-5H3/b11-9+,17-15+. The first-order valence-corrected chi connectivity index (χ1v) is 22.9. The van der Waals surface area contributed by atoms with E-state index in [1.165, 1.54) is 116 Å². The third-order valence-corrected chi connectivity index (χ3v) is 10.4. The highest BCUT2D eigenvalue weighted by Crippen LogP contribution is 2.16. The van der Waals surface area contributed by atoms with Gasteiger partial charge in [-0.3, -0.25) is 9.59 Å². The number of carbonyl (C=O) groups is 3. The molecule has 0 bridgehead atoms. The van der Waals surface area contributed by atoms with Crippen molar-refractivity contribution in [3.05, 3.63) is 24.3 Å². The molecule has 0 aliphatic rings. The number of esters is 2. The second-order valence-electron chi connectivity index (χ2n) is 16.6. The van der Waals surface area contributed by atoms with Gasteiger partial charge < -0.3 is 28.6 Å². The second-order valence-corrected chi connectivity index (χ2v) is 16.6. The van der Waals surface area contributed by atoms with Gasteiger partial charge in [-0.2, -0.15) is 0 Å². The Bertz CT molecular complexity index is 957. The molecule has 2 atom stereocenters. The number of hydrogen-bond donors (Lipinski definition) is 0. The van der Waals surface area contributed by atoms with Crippen LogP contribution in [0.5, 0.6) is 0 Å². The van der Waals surface area contributed by atoms with Crippen molar-refractivity contribution in [1.82, 2.24) is 0 Å². The summed E-state index contributed by atoms with van der Waals surface area (Å²) in [6, 6.07) is -0.724. The molecule has 0 N–H and O–H groups in total. The number of carboxylic acids is 1. The molecule has 0 aliphatic heterocycles. The smallest absolute Gasteiger partial charge is 0.306 e. The number of ether oxygens (including phenoxy) is 3. The lowest BCUT2D eigenvalue weighted by Gasteiger charge is -2.34. The highest BCUT2D eigenvalue weighted by atomic mass is 16.6. The van der Waals surface area contributed by atoms with Crippen LogP contribution < -0.4 is 5.11 Å². The molecule has 0 aromatic carbocycles. The van der Waals surface area contributed by atoms with Crippen LogP contribution >= 0.6 is 0 Å². The fourth-order valence-electron chi connectivity index (χ4n) is 6.82. The number of unbranched alkanes of at least 4 members (excludes halogenated alkanes) is 23. The SMILES string of the molecule is CC/C=C/C/C=C/CCCCCCCCCC(=O)OC(COCCC(C(=O)[O-])[N+](C)(C)C)COC(=O)CCCCCCCCCCCCCCCCCCC. The summed E-state index contributed by atoms with van der Waals surface area (Å²) < 4.78 is 17.2. The third-order valence-electron chi connectivity index (χ3n) is 10.4. The molecule has 0 saturated carbocycles. The van der Waals surface area contributed by atoms with Gasteiger partial charge in [-0.25, -0.2) is 0 Å². The Kier molecular flexibility index (Phi) is 37.1. The van der Waals surface area contributed by atoms with E-state index < -0.39 is 18.1 Å². The largest absolute Gasteiger partial charge is 0.544 e. The quantitative estimate of drug-likeness (QED) is 0.0264. The molecule has 0 aromatic rings. The van der Waals surface area contributed by atoms with Crippen molar-refractivity contribution in [1.29, 1.82) is 0 Å². The Hall–Kier alpha value is -2.19. The van der Waals surface area contributed by atoms with Gasteiger partial charge in [0.15, 0.2) is 6.10 Å². The Labute approximate surface area is 339 Å². The van der Waals surface area contributed by atoms with E-state index in [4.69, 9.17) is 14.2 Å². The van der Waals surface area contributed by atoms with E-state index in [-0.39, 0.29) is 42.7 Å². The van der Waals surface area contributed by atoms with E-state index in [0.717, 1.165) is 57.8 Å². The van der Waals surface area contributed by atoms with Gasteiger partial charge >= 0.3 is 11.9 Å². The molecule has 0 radical (unpaired) electrons. The lowest BCUT2D eigenvalue weighted by molar-refractivity contribution is -0.889. The Morgan fingerprint density at radius 3 is 1.49 bits per heavy atom. The van der Waals surface area contributed by atoms with E-state index in [2.05, 4.69) is 38.2 Å². The van der Waals surface area contributed by atoms with Crippen LogP contribution in [-0.2, 0) is 28.6 Å².